The summed E-state index contributed by atoms with van der Waals surface area (Å²) in [4.78, 5) is 11.0. The van der Waals surface area contributed by atoms with Crippen LogP contribution in [0.3, 0.4) is 0 Å². The summed E-state index contributed by atoms with van der Waals surface area (Å²) in [5, 5.41) is 0. The van der Waals surface area contributed by atoms with Gasteiger partial charge in [-0.2, -0.15) is 0 Å². The largest absolute Gasteiger partial charge is 0.300 e. The van der Waals surface area contributed by atoms with Crippen molar-refractivity contribution in [2.75, 3.05) is 0 Å². The number of halogens is 1. The Morgan fingerprint density at radius 1 is 1.36 bits per heavy atom. The van der Waals surface area contributed by atoms with Gasteiger partial charge in [0.05, 0.1) is 0 Å². The first-order chi connectivity index (χ1) is 6.63. The highest BCUT2D eigenvalue weighted by molar-refractivity contribution is 9.10. The highest BCUT2D eigenvalue weighted by atomic mass is 79.9. The lowest BCUT2D eigenvalue weighted by Gasteiger charge is -2.13. The third-order valence-corrected chi connectivity index (χ3v) is 2.90. The van der Waals surface area contributed by atoms with Crippen LogP contribution in [-0.2, 0) is 4.79 Å². The van der Waals surface area contributed by atoms with E-state index in [0.717, 1.165) is 10.9 Å². The second-order valence-corrected chi connectivity index (χ2v) is 4.48. The molecule has 0 N–H and O–H groups in total. The molecule has 0 aliphatic rings. The van der Waals surface area contributed by atoms with Crippen LogP contribution in [0.25, 0.3) is 0 Å². The van der Waals surface area contributed by atoms with Crippen LogP contribution in [0.1, 0.15) is 38.2 Å². The Bertz CT molecular complexity index is 303. The maximum Gasteiger partial charge on any atom is 0.130 e. The average molecular weight is 255 g/mol. The van der Waals surface area contributed by atoms with Crippen molar-refractivity contribution in [3.63, 3.8) is 0 Å². The Balaban J connectivity index is 2.78. The number of carbonyl (C=O) groups is 1. The molecule has 0 radical (unpaired) electrons. The summed E-state index contributed by atoms with van der Waals surface area (Å²) in [6.07, 6.45) is 1.67. The van der Waals surface area contributed by atoms with Crippen molar-refractivity contribution < 1.29 is 4.79 Å². The standard InChI is InChI=1S/C12H15BrO/c1-3-10(8-9(2)14)11-4-6-12(13)7-5-11/h4-7,10H,3,8H2,1-2H3/t10-/m0/s1. The molecule has 0 fully saturated rings. The van der Waals surface area contributed by atoms with Gasteiger partial charge in [-0.05, 0) is 37.0 Å². The van der Waals surface area contributed by atoms with Crippen LogP contribution >= 0.6 is 15.9 Å². The Hall–Kier alpha value is -0.630. The van der Waals surface area contributed by atoms with Crippen molar-refractivity contribution in [2.45, 2.75) is 32.6 Å². The number of ketones is 1. The molecule has 14 heavy (non-hydrogen) atoms. The van der Waals surface area contributed by atoms with Gasteiger partial charge in [-0.15, -0.1) is 0 Å². The Morgan fingerprint density at radius 2 is 1.93 bits per heavy atom. The van der Waals surface area contributed by atoms with E-state index in [-0.39, 0.29) is 5.78 Å². The number of benzene rings is 1. The lowest BCUT2D eigenvalue weighted by molar-refractivity contribution is -0.117. The fraction of sp³-hybridized carbons (Fsp3) is 0.417. The Labute approximate surface area is 93.7 Å². The molecule has 0 bridgehead atoms. The van der Waals surface area contributed by atoms with Crippen molar-refractivity contribution in [1.82, 2.24) is 0 Å². The minimum Gasteiger partial charge on any atom is -0.300 e. The van der Waals surface area contributed by atoms with E-state index in [9.17, 15) is 4.79 Å². The number of hydrogen-bond acceptors (Lipinski definition) is 1. The minimum atomic E-state index is 0.264. The van der Waals surface area contributed by atoms with E-state index in [2.05, 4.69) is 35.0 Å². The van der Waals surface area contributed by atoms with E-state index >= 15 is 0 Å². The van der Waals surface area contributed by atoms with E-state index in [1.165, 1.54) is 5.56 Å². The first-order valence-electron chi connectivity index (χ1n) is 4.88. The molecule has 1 rings (SSSR count). The number of rotatable bonds is 4. The zero-order valence-electron chi connectivity index (χ0n) is 8.59. The summed E-state index contributed by atoms with van der Waals surface area (Å²) in [6, 6.07) is 8.22. The second-order valence-electron chi connectivity index (χ2n) is 3.56. The maximum atomic E-state index is 11.0. The number of carbonyl (C=O) groups excluding carboxylic acids is 1. The molecule has 1 aromatic rings. The van der Waals surface area contributed by atoms with Crippen LogP contribution < -0.4 is 0 Å². The topological polar surface area (TPSA) is 17.1 Å². The van der Waals surface area contributed by atoms with Gasteiger partial charge in [-0.3, -0.25) is 0 Å². The fourth-order valence-corrected chi connectivity index (χ4v) is 1.84. The molecule has 0 saturated carbocycles. The lowest BCUT2D eigenvalue weighted by atomic mass is 9.92. The van der Waals surface area contributed by atoms with Gasteiger partial charge in [0.15, 0.2) is 0 Å². The van der Waals surface area contributed by atoms with Crippen molar-refractivity contribution >= 4 is 21.7 Å². The van der Waals surface area contributed by atoms with E-state index < -0.39 is 0 Å². The molecule has 2 heteroatoms. The van der Waals surface area contributed by atoms with Gasteiger partial charge in [0.2, 0.25) is 0 Å². The SMILES string of the molecule is CC[C@@H](CC(C)=O)c1ccc(Br)cc1. The third kappa shape index (κ3) is 3.26. The number of Topliss-reactive ketones (excluding diaryl/α,β-unsaturated/α-hetero) is 1. The maximum absolute atomic E-state index is 11.0. The van der Waals surface area contributed by atoms with Crippen LogP contribution in [0.15, 0.2) is 28.7 Å². The molecule has 0 aliphatic carbocycles. The lowest BCUT2D eigenvalue weighted by Crippen LogP contribution is -2.02. The summed E-state index contributed by atoms with van der Waals surface area (Å²) in [7, 11) is 0. The van der Waals surface area contributed by atoms with Crippen LogP contribution in [-0.4, -0.2) is 5.78 Å². The molecule has 0 amide bonds. The van der Waals surface area contributed by atoms with Crippen LogP contribution in [0.4, 0.5) is 0 Å². The Kier molecular flexibility index (Phi) is 4.33. The predicted molar refractivity (Wildman–Crippen MR) is 62.5 cm³/mol. The molecular formula is C12H15BrO. The van der Waals surface area contributed by atoms with Gasteiger partial charge < -0.3 is 4.79 Å². The zero-order chi connectivity index (χ0) is 10.6. The first kappa shape index (κ1) is 11.4. The molecule has 0 saturated heterocycles. The van der Waals surface area contributed by atoms with E-state index in [4.69, 9.17) is 0 Å². The second kappa shape index (κ2) is 5.30. The summed E-state index contributed by atoms with van der Waals surface area (Å²) in [5.74, 6) is 0.639. The van der Waals surface area contributed by atoms with Gasteiger partial charge in [-0.25, -0.2) is 0 Å². The van der Waals surface area contributed by atoms with Gasteiger partial charge in [-0.1, -0.05) is 35.0 Å². The molecule has 0 aromatic heterocycles. The summed E-state index contributed by atoms with van der Waals surface area (Å²) >= 11 is 3.40. The fourth-order valence-electron chi connectivity index (χ4n) is 1.58. The zero-order valence-corrected chi connectivity index (χ0v) is 10.2. The van der Waals surface area contributed by atoms with Gasteiger partial charge in [0.25, 0.3) is 0 Å². The molecule has 0 spiro atoms. The van der Waals surface area contributed by atoms with Crippen LogP contribution in [0, 0.1) is 0 Å². The van der Waals surface area contributed by atoms with Crippen molar-refractivity contribution in [1.29, 1.82) is 0 Å². The molecule has 76 valence electrons. The predicted octanol–water partition coefficient (Wildman–Crippen LogP) is 3.92. The first-order valence-corrected chi connectivity index (χ1v) is 5.67. The summed E-state index contributed by atoms with van der Waals surface area (Å²) in [6.45, 7) is 3.77. The average Bonchev–Trinajstić information content (AvgIpc) is 2.15. The monoisotopic (exact) mass is 254 g/mol. The third-order valence-electron chi connectivity index (χ3n) is 2.37. The van der Waals surface area contributed by atoms with Gasteiger partial charge in [0.1, 0.15) is 5.78 Å². The molecule has 1 nitrogen and oxygen atoms in total. The van der Waals surface area contributed by atoms with E-state index in [0.29, 0.717) is 12.3 Å². The van der Waals surface area contributed by atoms with Gasteiger partial charge in [0, 0.05) is 10.9 Å². The number of hydrogen-bond donors (Lipinski definition) is 0. The molecular weight excluding hydrogens is 240 g/mol. The normalized spacial score (nSPS) is 12.5. The quantitative estimate of drug-likeness (QED) is 0.796. The van der Waals surface area contributed by atoms with Crippen LogP contribution in [0.5, 0.6) is 0 Å². The highest BCUT2D eigenvalue weighted by Gasteiger charge is 2.11. The highest BCUT2D eigenvalue weighted by Crippen LogP contribution is 2.24. The van der Waals surface area contributed by atoms with E-state index in [1.807, 2.05) is 12.1 Å². The molecule has 1 aromatic carbocycles. The van der Waals surface area contributed by atoms with Gasteiger partial charge >= 0.3 is 0 Å². The smallest absolute Gasteiger partial charge is 0.130 e. The van der Waals surface area contributed by atoms with Crippen molar-refractivity contribution in [3.05, 3.63) is 34.3 Å². The summed E-state index contributed by atoms with van der Waals surface area (Å²) < 4.78 is 1.08. The molecule has 0 unspecified atom stereocenters. The molecule has 1 atom stereocenters. The van der Waals surface area contributed by atoms with Crippen molar-refractivity contribution in [2.24, 2.45) is 0 Å². The minimum absolute atomic E-state index is 0.264. The molecule has 0 heterocycles. The Morgan fingerprint density at radius 3 is 2.36 bits per heavy atom. The van der Waals surface area contributed by atoms with E-state index in [1.54, 1.807) is 6.92 Å². The summed E-state index contributed by atoms with van der Waals surface area (Å²) in [5.41, 5.74) is 1.26. The van der Waals surface area contributed by atoms with Crippen molar-refractivity contribution in [3.8, 4) is 0 Å². The van der Waals surface area contributed by atoms with Crippen LogP contribution in [0.2, 0.25) is 0 Å². The molecule has 0 aliphatic heterocycles.